The van der Waals surface area contributed by atoms with E-state index in [4.69, 9.17) is 0 Å². The first-order valence-corrected chi connectivity index (χ1v) is 6.66. The lowest BCUT2D eigenvalue weighted by Crippen LogP contribution is -2.43. The van der Waals surface area contributed by atoms with Crippen molar-refractivity contribution in [3.63, 3.8) is 0 Å². The lowest BCUT2D eigenvalue weighted by atomic mass is 9.92. The van der Waals surface area contributed by atoms with Crippen LogP contribution in [-0.2, 0) is 15.1 Å². The number of urea groups is 1. The molecular formula is C14H15F2N3O3. The van der Waals surface area contributed by atoms with Crippen LogP contribution in [0.1, 0.15) is 19.4 Å². The van der Waals surface area contributed by atoms with Gasteiger partial charge in [-0.1, -0.05) is 6.07 Å². The van der Waals surface area contributed by atoms with Gasteiger partial charge in [-0.15, -0.1) is 0 Å². The Hall–Kier alpha value is -2.51. The van der Waals surface area contributed by atoms with Crippen LogP contribution >= 0.6 is 0 Å². The third-order valence-electron chi connectivity index (χ3n) is 3.45. The second-order valence-electron chi connectivity index (χ2n) is 5.03. The molecule has 4 amide bonds. The van der Waals surface area contributed by atoms with Gasteiger partial charge in [-0.2, -0.15) is 0 Å². The lowest BCUT2D eigenvalue weighted by molar-refractivity contribution is -0.134. The van der Waals surface area contributed by atoms with Crippen LogP contribution in [0.2, 0.25) is 0 Å². The molecule has 118 valence electrons. The van der Waals surface area contributed by atoms with Gasteiger partial charge in [0, 0.05) is 6.54 Å². The third kappa shape index (κ3) is 2.63. The first-order chi connectivity index (χ1) is 10.3. The summed E-state index contributed by atoms with van der Waals surface area (Å²) in [7, 11) is 0. The van der Waals surface area contributed by atoms with Crippen molar-refractivity contribution in [1.29, 1.82) is 0 Å². The molecule has 0 spiro atoms. The highest BCUT2D eigenvalue weighted by molar-refractivity contribution is 6.09. The number of rotatable bonds is 4. The Morgan fingerprint density at radius 1 is 1.32 bits per heavy atom. The van der Waals surface area contributed by atoms with Crippen LogP contribution in [0, 0.1) is 11.6 Å². The molecule has 0 bridgehead atoms. The molecule has 1 heterocycles. The zero-order valence-electron chi connectivity index (χ0n) is 12.1. The molecule has 1 fully saturated rings. The standard InChI is InChI=1S/C14H15F2N3O3/c1-3-17-11(20)7-19-12(21)14(2,18-13(19)22)8-4-5-9(15)10(16)6-8/h4-6H,3,7H2,1-2H3,(H,17,20)(H,18,22). The number of carbonyl (C=O) groups excluding carboxylic acids is 3. The van der Waals surface area contributed by atoms with E-state index < -0.39 is 41.6 Å². The summed E-state index contributed by atoms with van der Waals surface area (Å²) in [5, 5.41) is 4.88. The van der Waals surface area contributed by atoms with Crippen molar-refractivity contribution in [3.8, 4) is 0 Å². The van der Waals surface area contributed by atoms with Crippen LogP contribution in [-0.4, -0.2) is 35.8 Å². The van der Waals surface area contributed by atoms with Gasteiger partial charge >= 0.3 is 6.03 Å². The van der Waals surface area contributed by atoms with Crippen LogP contribution < -0.4 is 10.6 Å². The number of likely N-dealkylation sites (N-methyl/N-ethyl adjacent to an activating group) is 1. The predicted octanol–water partition coefficient (Wildman–Crippen LogP) is 0.868. The summed E-state index contributed by atoms with van der Waals surface area (Å²) in [5.41, 5.74) is -1.44. The van der Waals surface area contributed by atoms with Gasteiger partial charge in [0.15, 0.2) is 11.6 Å². The highest BCUT2D eigenvalue weighted by Gasteiger charge is 2.49. The normalized spacial score (nSPS) is 21.0. The van der Waals surface area contributed by atoms with Crippen LogP contribution in [0.15, 0.2) is 18.2 Å². The van der Waals surface area contributed by atoms with Crippen LogP contribution in [0.5, 0.6) is 0 Å². The Labute approximate surface area is 125 Å². The van der Waals surface area contributed by atoms with Crippen molar-refractivity contribution in [2.75, 3.05) is 13.1 Å². The van der Waals surface area contributed by atoms with Crippen molar-refractivity contribution >= 4 is 17.8 Å². The number of nitrogens with zero attached hydrogens (tertiary/aromatic N) is 1. The maximum atomic E-state index is 13.4. The Kier molecular flexibility index (Phi) is 4.11. The molecule has 0 aliphatic carbocycles. The molecule has 6 nitrogen and oxygen atoms in total. The summed E-state index contributed by atoms with van der Waals surface area (Å²) < 4.78 is 26.4. The number of nitrogens with one attached hydrogen (secondary N) is 2. The molecule has 0 radical (unpaired) electrons. The minimum absolute atomic E-state index is 0.100. The fourth-order valence-corrected chi connectivity index (χ4v) is 2.24. The largest absolute Gasteiger partial charge is 0.355 e. The molecular weight excluding hydrogens is 296 g/mol. The van der Waals surface area contributed by atoms with E-state index in [0.29, 0.717) is 6.54 Å². The molecule has 1 aromatic carbocycles. The topological polar surface area (TPSA) is 78.5 Å². The summed E-state index contributed by atoms with van der Waals surface area (Å²) in [5.74, 6) is -3.36. The summed E-state index contributed by atoms with van der Waals surface area (Å²) in [4.78, 5) is 36.6. The number of halogens is 2. The monoisotopic (exact) mass is 311 g/mol. The molecule has 2 rings (SSSR count). The molecule has 1 unspecified atom stereocenters. The van der Waals surface area contributed by atoms with Gasteiger partial charge in [0.25, 0.3) is 5.91 Å². The fraction of sp³-hybridized carbons (Fsp3) is 0.357. The maximum absolute atomic E-state index is 13.4. The van der Waals surface area contributed by atoms with E-state index in [9.17, 15) is 23.2 Å². The highest BCUT2D eigenvalue weighted by atomic mass is 19.2. The second-order valence-corrected chi connectivity index (χ2v) is 5.03. The van der Waals surface area contributed by atoms with Gasteiger partial charge in [0.05, 0.1) is 0 Å². The third-order valence-corrected chi connectivity index (χ3v) is 3.45. The van der Waals surface area contributed by atoms with Crippen molar-refractivity contribution < 1.29 is 23.2 Å². The Morgan fingerprint density at radius 2 is 2.00 bits per heavy atom. The zero-order valence-corrected chi connectivity index (χ0v) is 12.1. The van der Waals surface area contributed by atoms with E-state index in [-0.39, 0.29) is 5.56 Å². The molecule has 1 aliphatic rings. The summed E-state index contributed by atoms with van der Waals surface area (Å²) in [6.45, 7) is 3.01. The zero-order chi connectivity index (χ0) is 16.5. The Balaban J connectivity index is 2.29. The SMILES string of the molecule is CCNC(=O)CN1C(=O)NC(C)(c2ccc(F)c(F)c2)C1=O. The average Bonchev–Trinajstić information content (AvgIpc) is 2.67. The Bertz CT molecular complexity index is 650. The van der Waals surface area contributed by atoms with Crippen LogP contribution in [0.3, 0.4) is 0 Å². The van der Waals surface area contributed by atoms with Gasteiger partial charge in [0.1, 0.15) is 12.1 Å². The average molecular weight is 311 g/mol. The minimum Gasteiger partial charge on any atom is -0.355 e. The van der Waals surface area contributed by atoms with Crippen molar-refractivity contribution in [1.82, 2.24) is 15.5 Å². The molecule has 8 heteroatoms. The van der Waals surface area contributed by atoms with E-state index in [1.165, 1.54) is 13.0 Å². The summed E-state index contributed by atoms with van der Waals surface area (Å²) >= 11 is 0. The van der Waals surface area contributed by atoms with Gasteiger partial charge in [-0.3, -0.25) is 14.5 Å². The quantitative estimate of drug-likeness (QED) is 0.810. The smallest absolute Gasteiger partial charge is 0.325 e. The Morgan fingerprint density at radius 3 is 2.59 bits per heavy atom. The molecule has 1 saturated heterocycles. The van der Waals surface area contributed by atoms with E-state index in [2.05, 4.69) is 10.6 Å². The number of benzene rings is 1. The maximum Gasteiger partial charge on any atom is 0.325 e. The van der Waals surface area contributed by atoms with Crippen LogP contribution in [0.4, 0.5) is 13.6 Å². The minimum atomic E-state index is -1.54. The molecule has 1 aliphatic heterocycles. The van der Waals surface area contributed by atoms with Gasteiger partial charge in [-0.05, 0) is 31.5 Å². The van der Waals surface area contributed by atoms with Gasteiger partial charge in [0.2, 0.25) is 5.91 Å². The first kappa shape index (κ1) is 15.9. The van der Waals surface area contributed by atoms with E-state index in [1.54, 1.807) is 6.92 Å². The highest BCUT2D eigenvalue weighted by Crippen LogP contribution is 2.29. The molecule has 2 N–H and O–H groups in total. The van der Waals surface area contributed by atoms with E-state index in [1.807, 2.05) is 0 Å². The van der Waals surface area contributed by atoms with E-state index >= 15 is 0 Å². The van der Waals surface area contributed by atoms with Gasteiger partial charge in [-0.25, -0.2) is 13.6 Å². The molecule has 0 aromatic heterocycles. The van der Waals surface area contributed by atoms with Crippen molar-refractivity contribution in [2.24, 2.45) is 0 Å². The van der Waals surface area contributed by atoms with Crippen molar-refractivity contribution in [3.05, 3.63) is 35.4 Å². The number of imide groups is 1. The number of carbonyl (C=O) groups is 3. The molecule has 1 aromatic rings. The van der Waals surface area contributed by atoms with E-state index in [0.717, 1.165) is 17.0 Å². The summed E-state index contributed by atoms with van der Waals surface area (Å²) in [6.07, 6.45) is 0. The number of hydrogen-bond donors (Lipinski definition) is 2. The first-order valence-electron chi connectivity index (χ1n) is 6.66. The second kappa shape index (κ2) is 5.70. The molecule has 0 saturated carbocycles. The number of amides is 4. The number of hydrogen-bond acceptors (Lipinski definition) is 3. The van der Waals surface area contributed by atoms with Gasteiger partial charge < -0.3 is 10.6 Å². The lowest BCUT2D eigenvalue weighted by Gasteiger charge is -2.22. The molecule has 22 heavy (non-hydrogen) atoms. The molecule has 1 atom stereocenters. The summed E-state index contributed by atoms with van der Waals surface area (Å²) in [6, 6.07) is 2.18. The van der Waals surface area contributed by atoms with Crippen LogP contribution in [0.25, 0.3) is 0 Å². The predicted molar refractivity (Wildman–Crippen MR) is 72.6 cm³/mol. The van der Waals surface area contributed by atoms with Crippen molar-refractivity contribution in [2.45, 2.75) is 19.4 Å². The fourth-order valence-electron chi connectivity index (χ4n) is 2.24.